The minimum atomic E-state index is -4.61. The number of nitrogens with one attached hydrogen (secondary N) is 2. The second-order valence-corrected chi connectivity index (χ2v) is 6.48. The number of carboxylic acids is 1. The van der Waals surface area contributed by atoms with Crippen molar-refractivity contribution in [2.45, 2.75) is 38.0 Å². The lowest BCUT2D eigenvalue weighted by atomic mass is 9.85. The molecular formula is C16H19ClF3N3O3. The highest BCUT2D eigenvalue weighted by molar-refractivity contribution is 6.31. The van der Waals surface area contributed by atoms with Gasteiger partial charge in [0.2, 0.25) is 0 Å². The first-order chi connectivity index (χ1) is 12.1. The average molecular weight is 394 g/mol. The van der Waals surface area contributed by atoms with Crippen LogP contribution in [-0.4, -0.2) is 47.2 Å². The molecule has 26 heavy (non-hydrogen) atoms. The number of carbonyl (C=O) groups is 2. The van der Waals surface area contributed by atoms with Crippen molar-refractivity contribution < 1.29 is 27.9 Å². The van der Waals surface area contributed by atoms with Crippen LogP contribution in [0.3, 0.4) is 0 Å². The van der Waals surface area contributed by atoms with E-state index >= 15 is 0 Å². The van der Waals surface area contributed by atoms with Crippen LogP contribution in [0.5, 0.6) is 0 Å². The molecule has 144 valence electrons. The van der Waals surface area contributed by atoms with Crippen molar-refractivity contribution in [2.75, 3.05) is 18.4 Å². The number of aliphatic carboxylic acids is 1. The molecule has 1 aromatic rings. The van der Waals surface area contributed by atoms with Gasteiger partial charge in [-0.3, -0.25) is 9.69 Å². The Balaban J connectivity index is 1.86. The number of benzene rings is 1. The molecule has 1 aliphatic carbocycles. The Morgan fingerprint density at radius 2 is 2.00 bits per heavy atom. The largest absolute Gasteiger partial charge is 0.480 e. The summed E-state index contributed by atoms with van der Waals surface area (Å²) in [6.45, 7) is 2.38. The summed E-state index contributed by atoms with van der Waals surface area (Å²) in [6, 6.07) is 2.42. The maximum Gasteiger partial charge on any atom is 0.417 e. The summed E-state index contributed by atoms with van der Waals surface area (Å²) in [4.78, 5) is 24.5. The van der Waals surface area contributed by atoms with Crippen LogP contribution in [0, 0.1) is 0 Å². The lowest BCUT2D eigenvalue weighted by Crippen LogP contribution is -2.55. The van der Waals surface area contributed by atoms with Crippen LogP contribution in [0.25, 0.3) is 0 Å². The predicted octanol–water partition coefficient (Wildman–Crippen LogP) is 3.42. The number of anilines is 1. The molecule has 0 atom stereocenters. The Bertz CT molecular complexity index is 678. The fourth-order valence-corrected chi connectivity index (χ4v) is 3.07. The van der Waals surface area contributed by atoms with E-state index in [0.717, 1.165) is 12.1 Å². The Kier molecular flexibility index (Phi) is 6.35. The van der Waals surface area contributed by atoms with E-state index in [-0.39, 0.29) is 24.3 Å². The number of likely N-dealkylation sites (N-methyl/N-ethyl adjacent to an activating group) is 1. The van der Waals surface area contributed by atoms with Crippen molar-refractivity contribution in [3.05, 3.63) is 28.8 Å². The number of hydrogen-bond donors (Lipinski definition) is 3. The zero-order chi connectivity index (χ0) is 19.5. The summed E-state index contributed by atoms with van der Waals surface area (Å²) >= 11 is 5.53. The molecule has 1 aliphatic rings. The van der Waals surface area contributed by atoms with Gasteiger partial charge in [-0.15, -0.1) is 0 Å². The molecule has 0 aliphatic heterocycles. The van der Waals surface area contributed by atoms with Crippen molar-refractivity contribution in [3.63, 3.8) is 0 Å². The highest BCUT2D eigenvalue weighted by atomic mass is 35.5. The van der Waals surface area contributed by atoms with Gasteiger partial charge in [0.05, 0.1) is 17.1 Å². The van der Waals surface area contributed by atoms with Crippen LogP contribution < -0.4 is 10.6 Å². The van der Waals surface area contributed by atoms with Crippen LogP contribution in [0.4, 0.5) is 23.7 Å². The van der Waals surface area contributed by atoms with Gasteiger partial charge in [-0.25, -0.2) is 4.79 Å². The van der Waals surface area contributed by atoms with Gasteiger partial charge in [-0.2, -0.15) is 13.2 Å². The maximum absolute atomic E-state index is 12.8. The average Bonchev–Trinajstić information content (AvgIpc) is 2.49. The molecule has 3 N–H and O–H groups in total. The topological polar surface area (TPSA) is 81.7 Å². The molecule has 0 heterocycles. The molecule has 6 nitrogen and oxygen atoms in total. The molecule has 0 spiro atoms. The number of urea groups is 1. The summed E-state index contributed by atoms with van der Waals surface area (Å²) < 4.78 is 38.5. The van der Waals surface area contributed by atoms with Crippen molar-refractivity contribution in [1.82, 2.24) is 10.2 Å². The van der Waals surface area contributed by atoms with E-state index in [1.165, 1.54) is 6.07 Å². The molecule has 0 bridgehead atoms. The third-order valence-electron chi connectivity index (χ3n) is 4.24. The Labute approximate surface area is 153 Å². The van der Waals surface area contributed by atoms with E-state index in [4.69, 9.17) is 16.7 Å². The number of halogens is 4. The van der Waals surface area contributed by atoms with Gasteiger partial charge in [0.25, 0.3) is 0 Å². The van der Waals surface area contributed by atoms with Gasteiger partial charge in [0.1, 0.15) is 0 Å². The molecule has 1 aromatic carbocycles. The fraction of sp³-hybridized carbons (Fsp3) is 0.500. The van der Waals surface area contributed by atoms with E-state index in [2.05, 4.69) is 10.6 Å². The van der Waals surface area contributed by atoms with Crippen molar-refractivity contribution in [1.29, 1.82) is 0 Å². The van der Waals surface area contributed by atoms with E-state index in [9.17, 15) is 22.8 Å². The van der Waals surface area contributed by atoms with Crippen molar-refractivity contribution >= 4 is 29.3 Å². The molecule has 10 heteroatoms. The Morgan fingerprint density at radius 3 is 2.54 bits per heavy atom. The van der Waals surface area contributed by atoms with Crippen LogP contribution >= 0.6 is 11.6 Å². The standard InChI is InChI=1S/C16H19ClF3N3O3/c1-2-23(8-14(24)25)11-5-10(6-11)22-15(26)21-9-3-4-13(17)12(7-9)16(18,19)20/h3-4,7,10-11H,2,5-6,8H2,1H3,(H,24,25)(H2,21,22,26). The number of alkyl halides is 3. The molecule has 0 aromatic heterocycles. The zero-order valence-electron chi connectivity index (χ0n) is 13.9. The highest BCUT2D eigenvalue weighted by Crippen LogP contribution is 2.36. The zero-order valence-corrected chi connectivity index (χ0v) is 14.7. The number of carbonyl (C=O) groups excluding carboxylic acids is 1. The number of carboxylic acid groups (broad SMARTS) is 1. The summed E-state index contributed by atoms with van der Waals surface area (Å²) in [5, 5.41) is 13.4. The summed E-state index contributed by atoms with van der Waals surface area (Å²) in [7, 11) is 0. The van der Waals surface area contributed by atoms with E-state index in [1.807, 2.05) is 6.92 Å². The third kappa shape index (κ3) is 5.25. The maximum atomic E-state index is 12.8. The Morgan fingerprint density at radius 1 is 1.35 bits per heavy atom. The molecule has 1 fully saturated rings. The van der Waals surface area contributed by atoms with Crippen molar-refractivity contribution in [2.24, 2.45) is 0 Å². The van der Waals surface area contributed by atoms with Crippen LogP contribution in [-0.2, 0) is 11.0 Å². The monoisotopic (exact) mass is 393 g/mol. The fourth-order valence-electron chi connectivity index (χ4n) is 2.85. The Hall–Kier alpha value is -2.00. The van der Waals surface area contributed by atoms with Crippen LogP contribution in [0.1, 0.15) is 25.3 Å². The van der Waals surface area contributed by atoms with Gasteiger partial charge in [0, 0.05) is 17.8 Å². The van der Waals surface area contributed by atoms with E-state index in [1.54, 1.807) is 4.90 Å². The quantitative estimate of drug-likeness (QED) is 0.691. The molecular weight excluding hydrogens is 375 g/mol. The van der Waals surface area contributed by atoms with Crippen LogP contribution in [0.15, 0.2) is 18.2 Å². The van der Waals surface area contributed by atoms with Gasteiger partial charge in [0.15, 0.2) is 0 Å². The minimum Gasteiger partial charge on any atom is -0.480 e. The summed E-state index contributed by atoms with van der Waals surface area (Å²) in [5.41, 5.74) is -1.04. The van der Waals surface area contributed by atoms with Gasteiger partial charge < -0.3 is 15.7 Å². The van der Waals surface area contributed by atoms with Gasteiger partial charge >= 0.3 is 18.2 Å². The first kappa shape index (κ1) is 20.3. The van der Waals surface area contributed by atoms with E-state index in [0.29, 0.717) is 19.4 Å². The second kappa shape index (κ2) is 8.13. The minimum absolute atomic E-state index is 0.0174. The molecule has 2 amide bonds. The molecule has 0 radical (unpaired) electrons. The number of rotatable bonds is 6. The van der Waals surface area contributed by atoms with Gasteiger partial charge in [-0.05, 0) is 37.6 Å². The first-order valence-electron chi connectivity index (χ1n) is 8.00. The lowest BCUT2D eigenvalue weighted by Gasteiger charge is -2.42. The molecule has 0 saturated heterocycles. The summed E-state index contributed by atoms with van der Waals surface area (Å²) in [6.07, 6.45) is -3.44. The second-order valence-electron chi connectivity index (χ2n) is 6.07. The predicted molar refractivity (Wildman–Crippen MR) is 90.3 cm³/mol. The molecule has 1 saturated carbocycles. The number of nitrogens with zero attached hydrogens (tertiary/aromatic N) is 1. The molecule has 2 rings (SSSR count). The lowest BCUT2D eigenvalue weighted by molar-refractivity contribution is -0.139. The van der Waals surface area contributed by atoms with Crippen LogP contribution in [0.2, 0.25) is 5.02 Å². The van der Waals surface area contributed by atoms with E-state index < -0.39 is 28.8 Å². The smallest absolute Gasteiger partial charge is 0.417 e. The first-order valence-corrected chi connectivity index (χ1v) is 8.38. The highest BCUT2D eigenvalue weighted by Gasteiger charge is 2.35. The SMILES string of the molecule is CCN(CC(=O)O)C1CC(NC(=O)Nc2ccc(Cl)c(C(F)(F)F)c2)C1. The molecule has 0 unspecified atom stereocenters. The third-order valence-corrected chi connectivity index (χ3v) is 4.57. The normalized spacial score (nSPS) is 19.8. The van der Waals surface area contributed by atoms with Gasteiger partial charge in [-0.1, -0.05) is 18.5 Å². The van der Waals surface area contributed by atoms with Crippen molar-refractivity contribution in [3.8, 4) is 0 Å². The number of hydrogen-bond acceptors (Lipinski definition) is 3. The summed E-state index contributed by atoms with van der Waals surface area (Å²) in [5.74, 6) is -0.913. The number of amides is 2.